The molecule has 29 heavy (non-hydrogen) atoms. The predicted octanol–water partition coefficient (Wildman–Crippen LogP) is 3.79. The van der Waals surface area contributed by atoms with Crippen LogP contribution in [0.4, 0.5) is 0 Å². The lowest BCUT2D eigenvalue weighted by Gasteiger charge is -2.14. The number of aryl methyl sites for hydroxylation is 1. The summed E-state index contributed by atoms with van der Waals surface area (Å²) in [7, 11) is 0. The SMILES string of the molecule is CC(=O)Oc1c2cc(C)cnc2c(OC(C)=O)c2c1ncn2Cc1ccccc1. The molecule has 2 aromatic heterocycles. The fraction of sp³-hybridized carbons (Fsp3) is 0.182. The van der Waals surface area contributed by atoms with Crippen molar-refractivity contribution in [2.75, 3.05) is 0 Å². The van der Waals surface area contributed by atoms with Crippen molar-refractivity contribution in [2.45, 2.75) is 27.3 Å². The Morgan fingerprint density at radius 2 is 1.66 bits per heavy atom. The van der Waals surface area contributed by atoms with Crippen LogP contribution < -0.4 is 9.47 Å². The van der Waals surface area contributed by atoms with E-state index in [-0.39, 0.29) is 0 Å². The van der Waals surface area contributed by atoms with Gasteiger partial charge in [0.25, 0.3) is 0 Å². The summed E-state index contributed by atoms with van der Waals surface area (Å²) >= 11 is 0. The van der Waals surface area contributed by atoms with Gasteiger partial charge in [-0.1, -0.05) is 30.3 Å². The highest BCUT2D eigenvalue weighted by molar-refractivity contribution is 6.09. The third-order valence-electron chi connectivity index (χ3n) is 4.44. The van der Waals surface area contributed by atoms with E-state index in [4.69, 9.17) is 9.47 Å². The number of hydrogen-bond donors (Lipinski definition) is 0. The summed E-state index contributed by atoms with van der Waals surface area (Å²) < 4.78 is 13.0. The van der Waals surface area contributed by atoms with Crippen LogP contribution in [0.2, 0.25) is 0 Å². The second-order valence-electron chi connectivity index (χ2n) is 6.81. The number of imidazole rings is 1. The first-order valence-corrected chi connectivity index (χ1v) is 9.12. The molecule has 0 fully saturated rings. The van der Waals surface area contributed by atoms with Crippen LogP contribution in [0.3, 0.4) is 0 Å². The molecule has 0 spiro atoms. The van der Waals surface area contributed by atoms with Crippen LogP contribution >= 0.6 is 0 Å². The number of benzene rings is 2. The molecule has 0 saturated carbocycles. The summed E-state index contributed by atoms with van der Waals surface area (Å²) in [5, 5.41) is 0.564. The Morgan fingerprint density at radius 1 is 0.966 bits per heavy atom. The van der Waals surface area contributed by atoms with Crippen molar-refractivity contribution in [1.82, 2.24) is 14.5 Å². The molecule has 0 aliphatic carbocycles. The number of fused-ring (bicyclic) bond motifs is 2. The minimum absolute atomic E-state index is 0.298. The van der Waals surface area contributed by atoms with Crippen LogP contribution in [-0.4, -0.2) is 26.5 Å². The molecule has 146 valence electrons. The molecule has 0 saturated heterocycles. The summed E-state index contributed by atoms with van der Waals surface area (Å²) in [6, 6.07) is 11.7. The van der Waals surface area contributed by atoms with Gasteiger partial charge in [0.15, 0.2) is 11.5 Å². The van der Waals surface area contributed by atoms with E-state index in [1.54, 1.807) is 12.5 Å². The molecule has 7 heteroatoms. The van der Waals surface area contributed by atoms with Gasteiger partial charge in [0.1, 0.15) is 16.6 Å². The highest BCUT2D eigenvalue weighted by Gasteiger charge is 2.24. The van der Waals surface area contributed by atoms with Gasteiger partial charge in [-0.25, -0.2) is 4.98 Å². The fourth-order valence-electron chi connectivity index (χ4n) is 3.34. The number of aromatic nitrogens is 3. The third kappa shape index (κ3) is 3.54. The topological polar surface area (TPSA) is 83.3 Å². The van der Waals surface area contributed by atoms with Gasteiger partial charge in [-0.2, -0.15) is 0 Å². The number of rotatable bonds is 4. The zero-order chi connectivity index (χ0) is 20.5. The summed E-state index contributed by atoms with van der Waals surface area (Å²) in [5.41, 5.74) is 3.34. The van der Waals surface area contributed by atoms with Gasteiger partial charge in [0, 0.05) is 32.0 Å². The highest BCUT2D eigenvalue weighted by Crippen LogP contribution is 2.42. The summed E-state index contributed by atoms with van der Waals surface area (Å²) in [6.45, 7) is 5.06. The fourth-order valence-corrected chi connectivity index (χ4v) is 3.34. The largest absolute Gasteiger partial charge is 0.424 e. The second-order valence-corrected chi connectivity index (χ2v) is 6.81. The van der Waals surface area contributed by atoms with Gasteiger partial charge >= 0.3 is 11.9 Å². The van der Waals surface area contributed by atoms with E-state index in [0.29, 0.717) is 40.0 Å². The zero-order valence-corrected chi connectivity index (χ0v) is 16.3. The molecule has 2 aromatic carbocycles. The summed E-state index contributed by atoms with van der Waals surface area (Å²) in [5.74, 6) is -0.331. The van der Waals surface area contributed by atoms with Crippen LogP contribution in [0.25, 0.3) is 21.9 Å². The molecule has 0 amide bonds. The summed E-state index contributed by atoms with van der Waals surface area (Å²) in [4.78, 5) is 32.6. The molecule has 0 unspecified atom stereocenters. The van der Waals surface area contributed by atoms with Crippen LogP contribution in [0.5, 0.6) is 11.5 Å². The zero-order valence-electron chi connectivity index (χ0n) is 16.3. The average molecular weight is 389 g/mol. The van der Waals surface area contributed by atoms with Crippen molar-refractivity contribution in [3.8, 4) is 11.5 Å². The van der Waals surface area contributed by atoms with Crippen LogP contribution in [-0.2, 0) is 16.1 Å². The van der Waals surface area contributed by atoms with Crippen molar-refractivity contribution in [3.63, 3.8) is 0 Å². The van der Waals surface area contributed by atoms with Gasteiger partial charge in [-0.05, 0) is 24.1 Å². The normalized spacial score (nSPS) is 11.0. The molecule has 0 N–H and O–H groups in total. The number of ether oxygens (including phenoxy) is 2. The molecule has 0 aliphatic heterocycles. The van der Waals surface area contributed by atoms with Crippen molar-refractivity contribution in [2.24, 2.45) is 0 Å². The first kappa shape index (κ1) is 18.6. The number of hydrogen-bond acceptors (Lipinski definition) is 6. The number of esters is 2. The Hall–Kier alpha value is -3.74. The third-order valence-corrected chi connectivity index (χ3v) is 4.44. The van der Waals surface area contributed by atoms with Crippen molar-refractivity contribution >= 4 is 33.9 Å². The second kappa shape index (κ2) is 7.35. The van der Waals surface area contributed by atoms with E-state index in [9.17, 15) is 9.59 Å². The highest BCUT2D eigenvalue weighted by atomic mass is 16.5. The van der Waals surface area contributed by atoms with Gasteiger partial charge in [0.05, 0.1) is 6.33 Å². The number of nitrogens with zero attached hydrogens (tertiary/aromatic N) is 3. The van der Waals surface area contributed by atoms with E-state index in [1.165, 1.54) is 13.8 Å². The molecule has 0 bridgehead atoms. The Kier molecular flexibility index (Phi) is 4.72. The lowest BCUT2D eigenvalue weighted by atomic mass is 10.1. The molecular formula is C22H19N3O4. The Labute approximate surface area is 166 Å². The van der Waals surface area contributed by atoms with Gasteiger partial charge < -0.3 is 14.0 Å². The van der Waals surface area contributed by atoms with Gasteiger partial charge in [0.2, 0.25) is 0 Å². The van der Waals surface area contributed by atoms with E-state index < -0.39 is 11.9 Å². The minimum atomic E-state index is -0.470. The average Bonchev–Trinajstić information content (AvgIpc) is 3.08. The van der Waals surface area contributed by atoms with Crippen LogP contribution in [0.1, 0.15) is 25.0 Å². The van der Waals surface area contributed by atoms with Crippen LogP contribution in [0, 0.1) is 6.92 Å². The molecule has 0 atom stereocenters. The maximum Gasteiger partial charge on any atom is 0.308 e. The standard InChI is InChI=1S/C22H19N3O4/c1-13-9-17-18(23-10-13)22(29-15(3)27)20-19(21(17)28-14(2)26)24-12-25(20)11-16-7-5-4-6-8-16/h4-10,12H,11H2,1-3H3. The summed E-state index contributed by atoms with van der Waals surface area (Å²) in [6.07, 6.45) is 3.32. The molecule has 7 nitrogen and oxygen atoms in total. The smallest absolute Gasteiger partial charge is 0.308 e. The lowest BCUT2D eigenvalue weighted by molar-refractivity contribution is -0.132. The number of carbonyl (C=O) groups is 2. The molecule has 4 aromatic rings. The van der Waals surface area contributed by atoms with Crippen molar-refractivity contribution in [1.29, 1.82) is 0 Å². The van der Waals surface area contributed by atoms with Crippen LogP contribution in [0.15, 0.2) is 48.9 Å². The molecule has 4 rings (SSSR count). The first-order chi connectivity index (χ1) is 13.9. The van der Waals surface area contributed by atoms with E-state index in [2.05, 4.69) is 9.97 Å². The van der Waals surface area contributed by atoms with Gasteiger partial charge in [-0.3, -0.25) is 14.6 Å². The Morgan fingerprint density at radius 3 is 2.34 bits per heavy atom. The quantitative estimate of drug-likeness (QED) is 0.390. The minimum Gasteiger partial charge on any atom is -0.424 e. The maximum absolute atomic E-state index is 11.9. The van der Waals surface area contributed by atoms with Crippen molar-refractivity contribution in [3.05, 3.63) is 60.0 Å². The van der Waals surface area contributed by atoms with E-state index in [1.807, 2.05) is 47.9 Å². The number of pyridine rings is 1. The van der Waals surface area contributed by atoms with E-state index >= 15 is 0 Å². The Bertz CT molecular complexity index is 1250. The molecular weight excluding hydrogens is 370 g/mol. The lowest BCUT2D eigenvalue weighted by Crippen LogP contribution is -2.08. The number of carbonyl (C=O) groups excluding carboxylic acids is 2. The van der Waals surface area contributed by atoms with Crippen molar-refractivity contribution < 1.29 is 19.1 Å². The van der Waals surface area contributed by atoms with E-state index in [0.717, 1.165) is 11.1 Å². The molecule has 0 radical (unpaired) electrons. The monoisotopic (exact) mass is 389 g/mol. The predicted molar refractivity (Wildman–Crippen MR) is 108 cm³/mol. The first-order valence-electron chi connectivity index (χ1n) is 9.12. The maximum atomic E-state index is 11.9. The molecule has 2 heterocycles. The molecule has 0 aliphatic rings. The Balaban J connectivity index is 2.06. The van der Waals surface area contributed by atoms with Gasteiger partial charge in [-0.15, -0.1) is 0 Å².